The largest absolute Gasteiger partial charge is 0.316 e. The van der Waals surface area contributed by atoms with E-state index in [0.717, 1.165) is 13.1 Å². The molecule has 2 nitrogen and oxygen atoms in total. The summed E-state index contributed by atoms with van der Waals surface area (Å²) in [7, 11) is 0. The molecular weight excluding hydrogens is 208 g/mol. The van der Waals surface area contributed by atoms with Gasteiger partial charge >= 0.3 is 0 Å². The molecule has 0 spiro atoms. The smallest absolute Gasteiger partial charge is 0.0453 e. The van der Waals surface area contributed by atoms with Gasteiger partial charge in [-0.05, 0) is 36.2 Å². The Morgan fingerprint density at radius 1 is 1.06 bits per heavy atom. The van der Waals surface area contributed by atoms with Crippen molar-refractivity contribution in [1.82, 2.24) is 10.3 Å². The fourth-order valence-electron chi connectivity index (χ4n) is 2.39. The molecule has 1 aliphatic rings. The third-order valence-corrected chi connectivity index (χ3v) is 3.37. The molecule has 1 aliphatic heterocycles. The van der Waals surface area contributed by atoms with Gasteiger partial charge in [-0.3, -0.25) is 4.98 Å². The molecule has 1 aromatic carbocycles. The minimum atomic E-state index is 0.582. The summed E-state index contributed by atoms with van der Waals surface area (Å²) in [4.78, 5) is 4.51. The number of hydrogen-bond acceptors (Lipinski definition) is 2. The molecule has 0 aliphatic carbocycles. The molecule has 2 heterocycles. The van der Waals surface area contributed by atoms with E-state index in [9.17, 15) is 0 Å². The maximum Gasteiger partial charge on any atom is 0.0453 e. The molecule has 0 amide bonds. The molecule has 1 aromatic heterocycles. The maximum absolute atomic E-state index is 4.51. The van der Waals surface area contributed by atoms with Crippen LogP contribution in [0.25, 0.3) is 11.1 Å². The first-order valence-electron chi connectivity index (χ1n) is 6.15. The third-order valence-electron chi connectivity index (χ3n) is 3.37. The minimum Gasteiger partial charge on any atom is -0.316 e. The average molecular weight is 224 g/mol. The molecule has 0 saturated carbocycles. The van der Waals surface area contributed by atoms with Gasteiger partial charge in [0.05, 0.1) is 0 Å². The van der Waals surface area contributed by atoms with E-state index in [4.69, 9.17) is 0 Å². The summed E-state index contributed by atoms with van der Waals surface area (Å²) in [6.07, 6.45) is 3.13. The van der Waals surface area contributed by atoms with Crippen LogP contribution in [0.15, 0.2) is 48.7 Å². The number of aromatic nitrogens is 1. The molecule has 2 heteroatoms. The summed E-state index contributed by atoms with van der Waals surface area (Å²) in [5, 5.41) is 3.39. The number of benzene rings is 1. The molecule has 1 unspecified atom stereocenters. The van der Waals surface area contributed by atoms with E-state index >= 15 is 0 Å². The van der Waals surface area contributed by atoms with Crippen LogP contribution >= 0.6 is 0 Å². The number of nitrogens with one attached hydrogen (secondary N) is 1. The van der Waals surface area contributed by atoms with E-state index < -0.39 is 0 Å². The number of rotatable bonds is 2. The second-order valence-electron chi connectivity index (χ2n) is 4.53. The Morgan fingerprint density at radius 3 is 2.71 bits per heavy atom. The molecule has 3 rings (SSSR count). The highest BCUT2D eigenvalue weighted by Crippen LogP contribution is 2.25. The number of hydrogen-bond donors (Lipinski definition) is 1. The Morgan fingerprint density at radius 2 is 1.94 bits per heavy atom. The molecular formula is C15H16N2. The quantitative estimate of drug-likeness (QED) is 0.848. The zero-order chi connectivity index (χ0) is 11.5. The van der Waals surface area contributed by atoms with Crippen LogP contribution in [-0.2, 0) is 0 Å². The number of pyridine rings is 1. The Bertz CT molecular complexity index is 487. The van der Waals surface area contributed by atoms with Gasteiger partial charge in [-0.15, -0.1) is 0 Å². The van der Waals surface area contributed by atoms with Crippen molar-refractivity contribution in [3.05, 3.63) is 54.4 Å². The zero-order valence-electron chi connectivity index (χ0n) is 9.76. The van der Waals surface area contributed by atoms with Crippen molar-refractivity contribution in [3.63, 3.8) is 0 Å². The second kappa shape index (κ2) is 4.68. The van der Waals surface area contributed by atoms with Crippen LogP contribution in [0.3, 0.4) is 0 Å². The van der Waals surface area contributed by atoms with Gasteiger partial charge in [-0.25, -0.2) is 0 Å². The third kappa shape index (κ3) is 2.22. The second-order valence-corrected chi connectivity index (χ2v) is 4.53. The fourth-order valence-corrected chi connectivity index (χ4v) is 2.39. The maximum atomic E-state index is 4.51. The zero-order valence-corrected chi connectivity index (χ0v) is 9.76. The predicted octanol–water partition coefficient (Wildman–Crippen LogP) is 2.83. The molecule has 1 saturated heterocycles. The van der Waals surface area contributed by atoms with E-state index in [0.29, 0.717) is 5.92 Å². The van der Waals surface area contributed by atoms with E-state index in [2.05, 4.69) is 46.7 Å². The molecule has 1 atom stereocenters. The summed E-state index contributed by atoms with van der Waals surface area (Å²) in [5.74, 6) is 0.582. The van der Waals surface area contributed by atoms with Crippen molar-refractivity contribution >= 4 is 0 Å². The van der Waals surface area contributed by atoms with Gasteiger partial charge in [0.1, 0.15) is 0 Å². The lowest BCUT2D eigenvalue weighted by molar-refractivity contribution is 0.735. The van der Waals surface area contributed by atoms with E-state index in [-0.39, 0.29) is 0 Å². The lowest BCUT2D eigenvalue weighted by atomic mass is 10.00. The molecule has 0 radical (unpaired) electrons. The fraction of sp³-hybridized carbons (Fsp3) is 0.267. The van der Waals surface area contributed by atoms with Gasteiger partial charge < -0.3 is 5.32 Å². The van der Waals surface area contributed by atoms with Crippen molar-refractivity contribution in [1.29, 1.82) is 0 Å². The number of nitrogens with zero attached hydrogens (tertiary/aromatic N) is 1. The van der Waals surface area contributed by atoms with Crippen molar-refractivity contribution in [2.24, 2.45) is 0 Å². The minimum absolute atomic E-state index is 0.582. The van der Waals surface area contributed by atoms with Gasteiger partial charge in [0.2, 0.25) is 0 Å². The molecule has 2 aromatic rings. The lowest BCUT2D eigenvalue weighted by Crippen LogP contribution is -2.08. The summed E-state index contributed by atoms with van der Waals surface area (Å²) < 4.78 is 0. The van der Waals surface area contributed by atoms with Gasteiger partial charge in [0, 0.05) is 24.4 Å². The Kier molecular flexibility index (Phi) is 2.88. The van der Waals surface area contributed by atoms with Gasteiger partial charge in [-0.2, -0.15) is 0 Å². The van der Waals surface area contributed by atoms with Gasteiger partial charge in [0.15, 0.2) is 0 Å². The van der Waals surface area contributed by atoms with E-state index in [1.165, 1.54) is 23.2 Å². The first-order valence-corrected chi connectivity index (χ1v) is 6.15. The first kappa shape index (κ1) is 10.5. The van der Waals surface area contributed by atoms with Crippen molar-refractivity contribution in [2.75, 3.05) is 13.1 Å². The van der Waals surface area contributed by atoms with Crippen molar-refractivity contribution < 1.29 is 0 Å². The first-order chi connectivity index (χ1) is 8.43. The van der Waals surface area contributed by atoms with Crippen LogP contribution in [-0.4, -0.2) is 18.1 Å². The summed E-state index contributed by atoms with van der Waals surface area (Å²) >= 11 is 0. The molecule has 0 bridgehead atoms. The topological polar surface area (TPSA) is 24.9 Å². The highest BCUT2D eigenvalue weighted by atomic mass is 14.9. The average Bonchev–Trinajstić information content (AvgIpc) is 2.94. The highest BCUT2D eigenvalue weighted by Gasteiger charge is 2.17. The SMILES string of the molecule is c1ccc(-c2ccnc(C3CCNC3)c2)cc1. The summed E-state index contributed by atoms with van der Waals surface area (Å²) in [6.45, 7) is 2.17. The van der Waals surface area contributed by atoms with Crippen LogP contribution in [0.4, 0.5) is 0 Å². The Hall–Kier alpha value is -1.67. The van der Waals surface area contributed by atoms with Crippen molar-refractivity contribution in [3.8, 4) is 11.1 Å². The lowest BCUT2D eigenvalue weighted by Gasteiger charge is -2.09. The molecule has 17 heavy (non-hydrogen) atoms. The monoisotopic (exact) mass is 224 g/mol. The molecule has 1 fully saturated rings. The van der Waals surface area contributed by atoms with Gasteiger partial charge in [0.25, 0.3) is 0 Å². The Labute approximate surface area is 102 Å². The normalized spacial score (nSPS) is 19.4. The van der Waals surface area contributed by atoms with E-state index in [1.807, 2.05) is 12.3 Å². The van der Waals surface area contributed by atoms with Gasteiger partial charge in [-0.1, -0.05) is 30.3 Å². The van der Waals surface area contributed by atoms with Crippen LogP contribution in [0.1, 0.15) is 18.0 Å². The Balaban J connectivity index is 1.94. The van der Waals surface area contributed by atoms with Crippen molar-refractivity contribution in [2.45, 2.75) is 12.3 Å². The van der Waals surface area contributed by atoms with Crippen LogP contribution in [0, 0.1) is 0 Å². The van der Waals surface area contributed by atoms with Crippen LogP contribution in [0.2, 0.25) is 0 Å². The standard InChI is InChI=1S/C15H16N2/c1-2-4-12(5-3-1)13-7-9-17-15(10-13)14-6-8-16-11-14/h1-5,7,9-10,14,16H,6,8,11H2. The van der Waals surface area contributed by atoms with Crippen LogP contribution < -0.4 is 5.32 Å². The van der Waals surface area contributed by atoms with E-state index in [1.54, 1.807) is 0 Å². The molecule has 86 valence electrons. The highest BCUT2D eigenvalue weighted by molar-refractivity contribution is 5.63. The summed E-state index contributed by atoms with van der Waals surface area (Å²) in [5.41, 5.74) is 3.75. The predicted molar refractivity (Wildman–Crippen MR) is 69.9 cm³/mol. The van der Waals surface area contributed by atoms with Crippen LogP contribution in [0.5, 0.6) is 0 Å². The summed E-state index contributed by atoms with van der Waals surface area (Å²) in [6, 6.07) is 14.8. The molecule has 1 N–H and O–H groups in total.